The van der Waals surface area contributed by atoms with Crippen molar-refractivity contribution >= 4 is 5.97 Å². The summed E-state index contributed by atoms with van der Waals surface area (Å²) in [5.41, 5.74) is 0. The highest BCUT2D eigenvalue weighted by Crippen LogP contribution is 2.33. The highest BCUT2D eigenvalue weighted by Gasteiger charge is 2.32. The van der Waals surface area contributed by atoms with Gasteiger partial charge in [0, 0.05) is 6.07 Å². The molecule has 0 bridgehead atoms. The first-order valence-electron chi connectivity index (χ1n) is 8.31. The number of carbonyl (C=O) groups excluding carboxylic acids is 1. The lowest BCUT2D eigenvalue weighted by atomic mass is 9.80. The van der Waals surface area contributed by atoms with E-state index in [9.17, 15) is 18.0 Å². The summed E-state index contributed by atoms with van der Waals surface area (Å²) in [5, 5.41) is 0. The molecule has 0 aromatic carbocycles. The predicted molar refractivity (Wildman–Crippen MR) is 81.5 cm³/mol. The molecule has 7 heteroatoms. The Labute approximate surface area is 139 Å². The Morgan fingerprint density at radius 1 is 1.25 bits per heavy atom. The Hall–Kier alpha value is -1.79. The Bertz CT molecular complexity index is 523. The second-order valence-electron chi connectivity index (χ2n) is 6.16. The number of rotatable bonds is 6. The van der Waals surface area contributed by atoms with Crippen LogP contribution >= 0.6 is 0 Å². The van der Waals surface area contributed by atoms with Gasteiger partial charge in [0.1, 0.15) is 5.75 Å². The van der Waals surface area contributed by atoms with Crippen LogP contribution in [-0.2, 0) is 4.79 Å². The van der Waals surface area contributed by atoms with E-state index in [1.165, 1.54) is 25.3 Å². The molecule has 0 saturated heterocycles. The zero-order valence-corrected chi connectivity index (χ0v) is 13.6. The van der Waals surface area contributed by atoms with Crippen LogP contribution in [0.25, 0.3) is 0 Å². The second-order valence-corrected chi connectivity index (χ2v) is 6.16. The molecule has 1 heterocycles. The zero-order valence-electron chi connectivity index (χ0n) is 13.6. The van der Waals surface area contributed by atoms with Gasteiger partial charge in [-0.1, -0.05) is 26.2 Å². The largest absolute Gasteiger partial charge is 0.574 e. The molecular weight excluding hydrogens is 323 g/mol. The van der Waals surface area contributed by atoms with Gasteiger partial charge in [0.05, 0.1) is 12.1 Å². The van der Waals surface area contributed by atoms with Crippen molar-refractivity contribution in [2.75, 3.05) is 0 Å². The average molecular weight is 345 g/mol. The van der Waals surface area contributed by atoms with E-state index in [0.29, 0.717) is 5.92 Å². The van der Waals surface area contributed by atoms with Crippen LogP contribution in [0, 0.1) is 11.8 Å². The van der Waals surface area contributed by atoms with Gasteiger partial charge in [-0.2, -0.15) is 0 Å². The first-order chi connectivity index (χ1) is 11.4. The Kier molecular flexibility index (Phi) is 6.45. The zero-order chi connectivity index (χ0) is 17.6. The minimum atomic E-state index is -4.79. The molecule has 1 fully saturated rings. The summed E-state index contributed by atoms with van der Waals surface area (Å²) in [6.07, 6.45) is 3.54. The maximum Gasteiger partial charge on any atom is 0.574 e. The molecule has 0 N–H and O–H groups in total. The molecule has 0 spiro atoms. The summed E-state index contributed by atoms with van der Waals surface area (Å²) < 4.78 is 45.1. The van der Waals surface area contributed by atoms with E-state index >= 15 is 0 Å². The number of pyridine rings is 1. The molecule has 1 saturated carbocycles. The number of ether oxygens (including phenoxy) is 2. The van der Waals surface area contributed by atoms with Crippen molar-refractivity contribution in [3.8, 4) is 11.6 Å². The quantitative estimate of drug-likeness (QED) is 0.689. The van der Waals surface area contributed by atoms with E-state index in [2.05, 4.69) is 16.6 Å². The fraction of sp³-hybridized carbons (Fsp3) is 0.647. The van der Waals surface area contributed by atoms with Crippen LogP contribution < -0.4 is 9.47 Å². The van der Waals surface area contributed by atoms with Crippen LogP contribution in [-0.4, -0.2) is 17.3 Å². The lowest BCUT2D eigenvalue weighted by Crippen LogP contribution is -2.25. The van der Waals surface area contributed by atoms with Gasteiger partial charge in [-0.3, -0.25) is 4.79 Å². The number of aromatic nitrogens is 1. The summed E-state index contributed by atoms with van der Waals surface area (Å²) in [4.78, 5) is 15.6. The van der Waals surface area contributed by atoms with Gasteiger partial charge in [-0.15, -0.1) is 13.2 Å². The summed E-state index contributed by atoms with van der Waals surface area (Å²) in [6.45, 7) is 2.17. The van der Waals surface area contributed by atoms with Gasteiger partial charge in [0.15, 0.2) is 0 Å². The van der Waals surface area contributed by atoms with E-state index in [1.54, 1.807) is 0 Å². The van der Waals surface area contributed by atoms with Gasteiger partial charge in [0.2, 0.25) is 5.88 Å². The highest BCUT2D eigenvalue weighted by molar-refractivity contribution is 5.75. The van der Waals surface area contributed by atoms with Crippen molar-refractivity contribution in [2.24, 2.45) is 11.8 Å². The molecule has 0 amide bonds. The molecule has 0 unspecified atom stereocenters. The summed E-state index contributed by atoms with van der Waals surface area (Å²) >= 11 is 0. The van der Waals surface area contributed by atoms with Gasteiger partial charge in [-0.05, 0) is 37.7 Å². The van der Waals surface area contributed by atoms with Crippen LogP contribution in [0.1, 0.15) is 51.9 Å². The first kappa shape index (κ1) is 18.5. The Morgan fingerprint density at radius 3 is 2.50 bits per heavy atom. The van der Waals surface area contributed by atoms with Crippen LogP contribution in [0.15, 0.2) is 18.3 Å². The van der Waals surface area contributed by atoms with Gasteiger partial charge in [-0.25, -0.2) is 4.98 Å². The van der Waals surface area contributed by atoms with Crippen molar-refractivity contribution in [2.45, 2.75) is 58.2 Å². The average Bonchev–Trinajstić information content (AvgIpc) is 2.54. The van der Waals surface area contributed by atoms with Gasteiger partial charge in [0.25, 0.3) is 0 Å². The normalized spacial score (nSPS) is 21.3. The molecule has 1 aliphatic carbocycles. The standard InChI is InChI=1S/C17H22F3NO3/c1-2-3-4-12-5-7-13(8-6-12)16(22)23-14-9-10-15(21-11-14)24-17(18,19)20/h9-13H,2-8H2,1H3/t12-,13-. The number of hydrogen-bond donors (Lipinski definition) is 0. The molecule has 4 nitrogen and oxygen atoms in total. The SMILES string of the molecule is CCCC[C@H]1CC[C@H](C(=O)Oc2ccc(OC(F)(F)F)nc2)CC1. The Balaban J connectivity index is 1.80. The monoisotopic (exact) mass is 345 g/mol. The van der Waals surface area contributed by atoms with Crippen molar-refractivity contribution in [3.05, 3.63) is 18.3 Å². The minimum Gasteiger partial charge on any atom is -0.425 e. The molecule has 1 aromatic heterocycles. The van der Waals surface area contributed by atoms with Crippen molar-refractivity contribution in [1.82, 2.24) is 4.98 Å². The summed E-state index contributed by atoms with van der Waals surface area (Å²) in [7, 11) is 0. The van der Waals surface area contributed by atoms with Crippen LogP contribution in [0.5, 0.6) is 11.6 Å². The number of halogens is 3. The molecule has 0 aliphatic heterocycles. The molecule has 1 aliphatic rings. The third-order valence-corrected chi connectivity index (χ3v) is 4.29. The third-order valence-electron chi connectivity index (χ3n) is 4.29. The number of unbranched alkanes of at least 4 members (excludes halogenated alkanes) is 1. The maximum absolute atomic E-state index is 12.1. The lowest BCUT2D eigenvalue weighted by Gasteiger charge is -2.27. The first-order valence-corrected chi connectivity index (χ1v) is 8.31. The van der Waals surface area contributed by atoms with Gasteiger partial charge >= 0.3 is 12.3 Å². The highest BCUT2D eigenvalue weighted by atomic mass is 19.4. The van der Waals surface area contributed by atoms with E-state index in [1.807, 2.05) is 0 Å². The number of carbonyl (C=O) groups is 1. The van der Waals surface area contributed by atoms with E-state index in [0.717, 1.165) is 37.9 Å². The fourth-order valence-corrected chi connectivity index (χ4v) is 2.99. The molecule has 0 radical (unpaired) electrons. The molecule has 0 atom stereocenters. The predicted octanol–water partition coefficient (Wildman–Crippen LogP) is 4.88. The number of nitrogens with zero attached hydrogens (tertiary/aromatic N) is 1. The van der Waals surface area contributed by atoms with E-state index in [-0.39, 0.29) is 17.6 Å². The van der Waals surface area contributed by atoms with Crippen molar-refractivity contribution in [3.63, 3.8) is 0 Å². The molecule has 134 valence electrons. The van der Waals surface area contributed by atoms with E-state index in [4.69, 9.17) is 4.74 Å². The molecule has 24 heavy (non-hydrogen) atoms. The smallest absolute Gasteiger partial charge is 0.425 e. The van der Waals surface area contributed by atoms with Crippen LogP contribution in [0.4, 0.5) is 13.2 Å². The summed E-state index contributed by atoms with van der Waals surface area (Å²) in [6, 6.07) is 2.27. The molecule has 1 aromatic rings. The maximum atomic E-state index is 12.1. The topological polar surface area (TPSA) is 48.4 Å². The summed E-state index contributed by atoms with van der Waals surface area (Å²) in [5.74, 6) is -0.250. The second kappa shape index (κ2) is 8.35. The van der Waals surface area contributed by atoms with Crippen LogP contribution in [0.3, 0.4) is 0 Å². The van der Waals surface area contributed by atoms with E-state index < -0.39 is 12.2 Å². The third kappa shape index (κ3) is 6.02. The molecule has 2 rings (SSSR count). The Morgan fingerprint density at radius 2 is 1.96 bits per heavy atom. The fourth-order valence-electron chi connectivity index (χ4n) is 2.99. The lowest BCUT2D eigenvalue weighted by molar-refractivity contribution is -0.276. The number of alkyl halides is 3. The minimum absolute atomic E-state index is 0.127. The number of hydrogen-bond acceptors (Lipinski definition) is 4. The molecular formula is C17H22F3NO3. The van der Waals surface area contributed by atoms with Crippen LogP contribution in [0.2, 0.25) is 0 Å². The number of esters is 1. The van der Waals surface area contributed by atoms with Gasteiger partial charge < -0.3 is 9.47 Å². The van der Waals surface area contributed by atoms with Crippen molar-refractivity contribution < 1.29 is 27.4 Å². The van der Waals surface area contributed by atoms with Crippen molar-refractivity contribution in [1.29, 1.82) is 0 Å².